The van der Waals surface area contributed by atoms with Gasteiger partial charge in [0.1, 0.15) is 0 Å². The Labute approximate surface area is 87.8 Å². The molecule has 0 bridgehead atoms. The average molecular weight is 228 g/mol. The van der Waals surface area contributed by atoms with Crippen molar-refractivity contribution in [3.05, 3.63) is 43.7 Å². The second-order valence-corrected chi connectivity index (χ2v) is 2.90. The Balaban J connectivity index is 3.57. The van der Waals surface area contributed by atoms with Gasteiger partial charge < -0.3 is 0 Å². The van der Waals surface area contributed by atoms with Crippen molar-refractivity contribution in [3.8, 4) is 0 Å². The largest absolute Gasteiger partial charge is 0.312 e. The normalized spacial score (nSPS) is 9.88. The monoisotopic (exact) mass is 228 g/mol. The third kappa shape index (κ3) is 2.00. The second-order valence-electron chi connectivity index (χ2n) is 2.90. The van der Waals surface area contributed by atoms with Crippen LogP contribution in [0, 0.1) is 26.0 Å². The van der Waals surface area contributed by atoms with E-state index in [1.807, 2.05) is 0 Å². The first-order valence-corrected chi connectivity index (χ1v) is 3.98. The number of halogens is 1. The summed E-state index contributed by atoms with van der Waals surface area (Å²) in [5.74, 6) is -2.17. The first-order valence-electron chi connectivity index (χ1n) is 3.98. The van der Waals surface area contributed by atoms with Crippen LogP contribution in [-0.4, -0.2) is 15.6 Å². The van der Waals surface area contributed by atoms with Crippen LogP contribution in [0.2, 0.25) is 0 Å². The summed E-state index contributed by atoms with van der Waals surface area (Å²) in [6, 6.07) is 1.15. The van der Waals surface area contributed by atoms with Gasteiger partial charge >= 0.3 is 5.69 Å². The zero-order valence-corrected chi connectivity index (χ0v) is 7.97. The number of Topliss-reactive ketones (excluding diaryl/α,β-unsaturated/α-hetero) is 1. The molecule has 1 aromatic carbocycles. The minimum absolute atomic E-state index is 0.474. The molecule has 0 fully saturated rings. The highest BCUT2D eigenvalue weighted by atomic mass is 19.1. The van der Waals surface area contributed by atoms with Crippen LogP contribution in [0.25, 0.3) is 0 Å². The Hall–Kier alpha value is -2.38. The smallest absolute Gasteiger partial charge is 0.294 e. The lowest BCUT2D eigenvalue weighted by atomic mass is 10.1. The molecular formula is C8H5FN2O5. The van der Waals surface area contributed by atoms with Gasteiger partial charge in [0, 0.05) is 6.07 Å². The molecule has 0 saturated heterocycles. The van der Waals surface area contributed by atoms with Gasteiger partial charge in [-0.25, -0.2) is 0 Å². The SMILES string of the molecule is CC(=O)c1cc([N+](=O)[O-])cc([N+](=O)[O-])c1F. The van der Waals surface area contributed by atoms with E-state index in [9.17, 15) is 29.4 Å². The van der Waals surface area contributed by atoms with Crippen LogP contribution in [0.4, 0.5) is 15.8 Å². The van der Waals surface area contributed by atoms with Crippen LogP contribution in [0.15, 0.2) is 12.1 Å². The molecule has 84 valence electrons. The molecule has 0 heterocycles. The molecule has 0 atom stereocenters. The summed E-state index contributed by atoms with van der Waals surface area (Å²) in [6.07, 6.45) is 0. The summed E-state index contributed by atoms with van der Waals surface area (Å²) in [6.45, 7) is 0.964. The molecule has 1 rings (SSSR count). The molecule has 0 saturated carbocycles. The number of carbonyl (C=O) groups is 1. The number of non-ortho nitro benzene ring substituents is 1. The molecule has 0 aliphatic rings. The van der Waals surface area contributed by atoms with Crippen molar-refractivity contribution in [2.75, 3.05) is 0 Å². The maximum Gasteiger partial charge on any atom is 0.312 e. The van der Waals surface area contributed by atoms with Crippen molar-refractivity contribution in [2.45, 2.75) is 6.92 Å². The van der Waals surface area contributed by atoms with Crippen LogP contribution < -0.4 is 0 Å². The number of nitrogens with zero attached hydrogens (tertiary/aromatic N) is 2. The Morgan fingerprint density at radius 1 is 1.25 bits per heavy atom. The lowest BCUT2D eigenvalue weighted by Gasteiger charge is -2.00. The molecule has 0 aliphatic heterocycles. The maximum atomic E-state index is 13.3. The lowest BCUT2D eigenvalue weighted by molar-refractivity contribution is -0.395. The minimum Gasteiger partial charge on any atom is -0.294 e. The lowest BCUT2D eigenvalue weighted by Crippen LogP contribution is -2.03. The fraction of sp³-hybridized carbons (Fsp3) is 0.125. The van der Waals surface area contributed by atoms with Crippen molar-refractivity contribution in [1.82, 2.24) is 0 Å². The molecular weight excluding hydrogens is 223 g/mol. The Morgan fingerprint density at radius 2 is 1.81 bits per heavy atom. The van der Waals surface area contributed by atoms with E-state index in [-0.39, 0.29) is 0 Å². The molecule has 0 aliphatic carbocycles. The van der Waals surface area contributed by atoms with E-state index < -0.39 is 38.4 Å². The summed E-state index contributed by atoms with van der Waals surface area (Å²) >= 11 is 0. The highest BCUT2D eigenvalue weighted by Gasteiger charge is 2.25. The molecule has 1 aromatic rings. The Kier molecular flexibility index (Phi) is 2.93. The summed E-state index contributed by atoms with van der Waals surface area (Å²) in [7, 11) is 0. The molecule has 0 amide bonds. The van der Waals surface area contributed by atoms with E-state index in [1.165, 1.54) is 0 Å². The first-order chi connectivity index (χ1) is 7.34. The number of hydrogen-bond acceptors (Lipinski definition) is 5. The van der Waals surface area contributed by atoms with Crippen molar-refractivity contribution in [2.24, 2.45) is 0 Å². The summed E-state index contributed by atoms with van der Waals surface area (Å²) < 4.78 is 13.3. The molecule has 7 nitrogen and oxygen atoms in total. The van der Waals surface area contributed by atoms with Gasteiger partial charge in [-0.1, -0.05) is 0 Å². The Morgan fingerprint density at radius 3 is 2.19 bits per heavy atom. The van der Waals surface area contributed by atoms with Crippen LogP contribution in [-0.2, 0) is 0 Å². The highest BCUT2D eigenvalue weighted by Crippen LogP contribution is 2.27. The van der Waals surface area contributed by atoms with Crippen LogP contribution in [0.3, 0.4) is 0 Å². The van der Waals surface area contributed by atoms with E-state index in [2.05, 4.69) is 0 Å². The number of nitro groups is 2. The topological polar surface area (TPSA) is 103 Å². The molecule has 0 N–H and O–H groups in total. The van der Waals surface area contributed by atoms with Crippen molar-refractivity contribution in [1.29, 1.82) is 0 Å². The molecule has 0 radical (unpaired) electrons. The van der Waals surface area contributed by atoms with Gasteiger partial charge in [0.05, 0.1) is 21.5 Å². The van der Waals surface area contributed by atoms with Gasteiger partial charge in [0.15, 0.2) is 5.78 Å². The number of nitro benzene ring substituents is 2. The maximum absolute atomic E-state index is 13.3. The number of benzene rings is 1. The second kappa shape index (κ2) is 4.01. The van der Waals surface area contributed by atoms with Crippen LogP contribution in [0.1, 0.15) is 17.3 Å². The van der Waals surface area contributed by atoms with Crippen molar-refractivity contribution in [3.63, 3.8) is 0 Å². The zero-order chi connectivity index (χ0) is 12.5. The van der Waals surface area contributed by atoms with Crippen molar-refractivity contribution >= 4 is 17.2 Å². The van der Waals surface area contributed by atoms with Gasteiger partial charge in [-0.2, -0.15) is 4.39 Å². The molecule has 8 heteroatoms. The van der Waals surface area contributed by atoms with Gasteiger partial charge in [0.25, 0.3) is 5.69 Å². The first kappa shape index (κ1) is 11.7. The van der Waals surface area contributed by atoms with Crippen molar-refractivity contribution < 1.29 is 19.0 Å². The van der Waals surface area contributed by atoms with Gasteiger partial charge in [0.2, 0.25) is 5.82 Å². The predicted octanol–water partition coefficient (Wildman–Crippen LogP) is 1.84. The minimum atomic E-state index is -1.36. The third-order valence-corrected chi connectivity index (χ3v) is 1.82. The zero-order valence-electron chi connectivity index (χ0n) is 7.97. The Bertz CT molecular complexity index is 464. The number of carbonyl (C=O) groups excluding carboxylic acids is 1. The van der Waals surface area contributed by atoms with Gasteiger partial charge in [-0.3, -0.25) is 25.0 Å². The van der Waals surface area contributed by atoms with Crippen LogP contribution >= 0.6 is 0 Å². The summed E-state index contributed by atoms with van der Waals surface area (Å²) in [5, 5.41) is 20.8. The predicted molar refractivity (Wildman–Crippen MR) is 49.7 cm³/mol. The molecule has 16 heavy (non-hydrogen) atoms. The quantitative estimate of drug-likeness (QED) is 0.446. The van der Waals surface area contributed by atoms with E-state index in [0.717, 1.165) is 6.92 Å². The number of rotatable bonds is 3. The summed E-state index contributed by atoms with van der Waals surface area (Å²) in [5.41, 5.74) is -2.45. The van der Waals surface area contributed by atoms with E-state index in [4.69, 9.17) is 0 Å². The van der Waals surface area contributed by atoms with Crippen LogP contribution in [0.5, 0.6) is 0 Å². The van der Waals surface area contributed by atoms with E-state index in [1.54, 1.807) is 0 Å². The standard InChI is InChI=1S/C8H5FN2O5/c1-4(12)6-2-5(10(13)14)3-7(8(6)9)11(15)16/h2-3H,1H3. The number of ketones is 1. The third-order valence-electron chi connectivity index (χ3n) is 1.82. The van der Waals surface area contributed by atoms with E-state index in [0.29, 0.717) is 12.1 Å². The average Bonchev–Trinajstić information content (AvgIpc) is 2.16. The highest BCUT2D eigenvalue weighted by molar-refractivity contribution is 5.95. The summed E-state index contributed by atoms with van der Waals surface area (Å²) in [4.78, 5) is 29.7. The fourth-order valence-corrected chi connectivity index (χ4v) is 1.09. The van der Waals surface area contributed by atoms with E-state index >= 15 is 0 Å². The molecule has 0 spiro atoms. The number of hydrogen-bond donors (Lipinski definition) is 0. The van der Waals surface area contributed by atoms with Gasteiger partial charge in [-0.05, 0) is 6.92 Å². The fourth-order valence-electron chi connectivity index (χ4n) is 1.09. The van der Waals surface area contributed by atoms with Gasteiger partial charge in [-0.15, -0.1) is 0 Å². The molecule has 0 aromatic heterocycles. The molecule has 0 unspecified atom stereocenters.